The highest BCUT2D eigenvalue weighted by Crippen LogP contribution is 2.30. The fourth-order valence-electron chi connectivity index (χ4n) is 2.93. The van der Waals surface area contributed by atoms with Gasteiger partial charge in [0.05, 0.1) is 16.9 Å². The van der Waals surface area contributed by atoms with Gasteiger partial charge >= 0.3 is 0 Å². The van der Waals surface area contributed by atoms with E-state index in [9.17, 15) is 13.6 Å². The molecule has 0 spiro atoms. The maximum atomic E-state index is 12.6. The van der Waals surface area contributed by atoms with E-state index in [1.54, 1.807) is 7.05 Å². The number of rotatable bonds is 6. The summed E-state index contributed by atoms with van der Waals surface area (Å²) in [4.78, 5) is 12.6. The molecule has 1 aromatic rings. The van der Waals surface area contributed by atoms with Gasteiger partial charge in [0.2, 0.25) is 0 Å². The highest BCUT2D eigenvalue weighted by molar-refractivity contribution is 5.99. The van der Waals surface area contributed by atoms with Crippen LogP contribution in [0.1, 0.15) is 43.0 Å². The summed E-state index contributed by atoms with van der Waals surface area (Å²) in [5.74, 6) is 0.442. The fourth-order valence-corrected chi connectivity index (χ4v) is 2.93. The lowest BCUT2D eigenvalue weighted by molar-refractivity contribution is 0.0790. The van der Waals surface area contributed by atoms with Gasteiger partial charge in [-0.15, -0.1) is 0 Å². The first-order valence-electron chi connectivity index (χ1n) is 8.23. The standard InChI is InChI=1S/C17H25F2N3O2/c1-10-3-5-11(6-4-10)22-17(23)12-7-13(20)14(21-2)8-15(12)24-9-16(18)19/h7-8,10-11,16,21H,3-6,9,20H2,1-2H3,(H,22,23). The maximum Gasteiger partial charge on any atom is 0.272 e. The Morgan fingerprint density at radius 3 is 2.58 bits per heavy atom. The summed E-state index contributed by atoms with van der Waals surface area (Å²) in [5.41, 5.74) is 6.98. The third-order valence-corrected chi connectivity index (χ3v) is 4.38. The molecule has 24 heavy (non-hydrogen) atoms. The van der Waals surface area contributed by atoms with Gasteiger partial charge < -0.3 is 21.1 Å². The van der Waals surface area contributed by atoms with E-state index >= 15 is 0 Å². The van der Waals surface area contributed by atoms with Gasteiger partial charge in [-0.2, -0.15) is 0 Å². The first kappa shape index (κ1) is 18.3. The van der Waals surface area contributed by atoms with Gasteiger partial charge in [0.25, 0.3) is 12.3 Å². The summed E-state index contributed by atoms with van der Waals surface area (Å²) in [5, 5.41) is 5.82. The van der Waals surface area contributed by atoms with E-state index < -0.39 is 13.0 Å². The molecule has 0 aliphatic heterocycles. The number of nitrogens with two attached hydrogens (primary N) is 1. The molecule has 0 unspecified atom stereocenters. The summed E-state index contributed by atoms with van der Waals surface area (Å²) in [6.45, 7) is 1.43. The molecule has 0 atom stereocenters. The summed E-state index contributed by atoms with van der Waals surface area (Å²) in [6, 6.07) is 3.05. The van der Waals surface area contributed by atoms with E-state index in [1.165, 1.54) is 12.1 Å². The van der Waals surface area contributed by atoms with Gasteiger partial charge in [-0.1, -0.05) is 6.92 Å². The molecule has 1 aliphatic rings. The highest BCUT2D eigenvalue weighted by Gasteiger charge is 2.23. The molecule has 1 saturated carbocycles. The number of hydrogen-bond acceptors (Lipinski definition) is 4. The summed E-state index contributed by atoms with van der Waals surface area (Å²) >= 11 is 0. The Hall–Kier alpha value is -2.05. The lowest BCUT2D eigenvalue weighted by Crippen LogP contribution is -2.37. The van der Waals surface area contributed by atoms with Crippen LogP contribution in [-0.4, -0.2) is 32.0 Å². The van der Waals surface area contributed by atoms with Crippen LogP contribution in [-0.2, 0) is 0 Å². The van der Waals surface area contributed by atoms with Crippen LogP contribution in [0.25, 0.3) is 0 Å². The molecule has 0 heterocycles. The van der Waals surface area contributed by atoms with Gasteiger partial charge in [-0.05, 0) is 37.7 Å². The Bertz CT molecular complexity index is 573. The van der Waals surface area contributed by atoms with Gasteiger partial charge in [0.1, 0.15) is 12.4 Å². The quantitative estimate of drug-likeness (QED) is 0.694. The van der Waals surface area contributed by atoms with Crippen LogP contribution in [0, 0.1) is 5.92 Å². The smallest absolute Gasteiger partial charge is 0.272 e. The zero-order valence-electron chi connectivity index (χ0n) is 14.1. The van der Waals surface area contributed by atoms with E-state index in [-0.39, 0.29) is 23.3 Å². The highest BCUT2D eigenvalue weighted by atomic mass is 19.3. The lowest BCUT2D eigenvalue weighted by atomic mass is 9.87. The Kier molecular flexibility index (Phi) is 6.23. The number of alkyl halides is 2. The lowest BCUT2D eigenvalue weighted by Gasteiger charge is -2.27. The Morgan fingerprint density at radius 2 is 2.00 bits per heavy atom. The number of amides is 1. The Labute approximate surface area is 140 Å². The predicted octanol–water partition coefficient (Wildman–Crippen LogP) is 3.26. The van der Waals surface area contributed by atoms with Crippen LogP contribution in [0.5, 0.6) is 5.75 Å². The number of carbonyl (C=O) groups excluding carboxylic acids is 1. The zero-order valence-corrected chi connectivity index (χ0v) is 14.1. The van der Waals surface area contributed by atoms with E-state index in [1.807, 2.05) is 0 Å². The first-order chi connectivity index (χ1) is 11.4. The Balaban J connectivity index is 2.16. The molecular weight excluding hydrogens is 316 g/mol. The molecule has 5 nitrogen and oxygen atoms in total. The predicted molar refractivity (Wildman–Crippen MR) is 90.8 cm³/mol. The fraction of sp³-hybridized carbons (Fsp3) is 0.588. The number of carbonyl (C=O) groups is 1. The Morgan fingerprint density at radius 1 is 1.33 bits per heavy atom. The molecule has 0 bridgehead atoms. The summed E-state index contributed by atoms with van der Waals surface area (Å²) < 4.78 is 30.0. The largest absolute Gasteiger partial charge is 0.487 e. The van der Waals surface area contributed by atoms with Gasteiger partial charge in [-0.3, -0.25) is 4.79 Å². The van der Waals surface area contributed by atoms with E-state index in [2.05, 4.69) is 17.6 Å². The van der Waals surface area contributed by atoms with Gasteiger partial charge in [-0.25, -0.2) is 8.78 Å². The SMILES string of the molecule is CNc1cc(OCC(F)F)c(C(=O)NC2CCC(C)CC2)cc1N. The minimum atomic E-state index is -2.61. The molecule has 2 rings (SSSR count). The van der Waals surface area contributed by atoms with E-state index in [4.69, 9.17) is 10.5 Å². The molecule has 1 fully saturated rings. The van der Waals surface area contributed by atoms with Crippen LogP contribution < -0.4 is 21.1 Å². The van der Waals surface area contributed by atoms with Crippen molar-refractivity contribution in [3.63, 3.8) is 0 Å². The van der Waals surface area contributed by atoms with Crippen LogP contribution in [0.2, 0.25) is 0 Å². The zero-order chi connectivity index (χ0) is 17.7. The van der Waals surface area contributed by atoms with Crippen molar-refractivity contribution in [2.45, 2.75) is 45.1 Å². The average molecular weight is 341 g/mol. The number of nitrogens with one attached hydrogen (secondary N) is 2. The molecular formula is C17H25F2N3O2. The molecule has 134 valence electrons. The minimum absolute atomic E-state index is 0.0989. The third-order valence-electron chi connectivity index (χ3n) is 4.38. The number of hydrogen-bond donors (Lipinski definition) is 3. The topological polar surface area (TPSA) is 76.4 Å². The number of ether oxygens (including phenoxy) is 1. The maximum absolute atomic E-state index is 12.6. The molecule has 0 aromatic heterocycles. The number of nitrogen functional groups attached to an aromatic ring is 1. The average Bonchev–Trinajstić information content (AvgIpc) is 2.55. The molecule has 1 amide bonds. The van der Waals surface area contributed by atoms with E-state index in [0.29, 0.717) is 17.3 Å². The van der Waals surface area contributed by atoms with Crippen LogP contribution in [0.3, 0.4) is 0 Å². The third kappa shape index (κ3) is 4.72. The van der Waals surface area contributed by atoms with Gasteiger partial charge in [0, 0.05) is 19.2 Å². The van der Waals surface area contributed by atoms with Crippen molar-refractivity contribution in [1.29, 1.82) is 0 Å². The minimum Gasteiger partial charge on any atom is -0.487 e. The second-order valence-corrected chi connectivity index (χ2v) is 6.32. The van der Waals surface area contributed by atoms with Crippen molar-refractivity contribution in [2.75, 3.05) is 24.7 Å². The van der Waals surface area contributed by atoms with Crippen LogP contribution in [0.4, 0.5) is 20.2 Å². The van der Waals surface area contributed by atoms with Crippen LogP contribution >= 0.6 is 0 Å². The monoisotopic (exact) mass is 341 g/mol. The van der Waals surface area contributed by atoms with Gasteiger partial charge in [0.15, 0.2) is 0 Å². The number of anilines is 2. The molecule has 7 heteroatoms. The van der Waals surface area contributed by atoms with E-state index in [0.717, 1.165) is 25.7 Å². The second-order valence-electron chi connectivity index (χ2n) is 6.32. The number of benzene rings is 1. The normalized spacial score (nSPS) is 20.7. The summed E-state index contributed by atoms with van der Waals surface area (Å²) in [7, 11) is 1.66. The first-order valence-corrected chi connectivity index (χ1v) is 8.23. The van der Waals surface area contributed by atoms with Crippen LogP contribution in [0.15, 0.2) is 12.1 Å². The summed E-state index contributed by atoms with van der Waals surface area (Å²) in [6.07, 6.45) is 1.37. The second kappa shape index (κ2) is 8.17. The molecule has 0 radical (unpaired) electrons. The van der Waals surface area contributed by atoms with Crippen molar-refractivity contribution in [3.05, 3.63) is 17.7 Å². The van der Waals surface area contributed by atoms with Crippen molar-refractivity contribution >= 4 is 17.3 Å². The van der Waals surface area contributed by atoms with Crippen molar-refractivity contribution in [1.82, 2.24) is 5.32 Å². The molecule has 1 aromatic carbocycles. The number of halogens is 2. The molecule has 1 aliphatic carbocycles. The molecule has 0 saturated heterocycles. The van der Waals surface area contributed by atoms with Crippen molar-refractivity contribution < 1.29 is 18.3 Å². The van der Waals surface area contributed by atoms with Crippen molar-refractivity contribution in [3.8, 4) is 5.75 Å². The molecule has 4 N–H and O–H groups in total. The van der Waals surface area contributed by atoms with Crippen molar-refractivity contribution in [2.24, 2.45) is 5.92 Å².